The average Bonchev–Trinajstić information content (AvgIpc) is 2.41. The van der Waals surface area contributed by atoms with Gasteiger partial charge in [-0.25, -0.2) is 4.98 Å². The van der Waals surface area contributed by atoms with E-state index in [-0.39, 0.29) is 0 Å². The molecule has 0 aliphatic carbocycles. The normalized spacial score (nSPS) is 10.2. The van der Waals surface area contributed by atoms with Crippen molar-refractivity contribution < 1.29 is 9.47 Å². The van der Waals surface area contributed by atoms with E-state index < -0.39 is 0 Å². The standard InChI is InChI=1S/C14H16N2O2/c1-9-8-13(17-3)10(2)7-11(9)12-5-6-15-14(16-12)18-4/h5-8H,1-4H3. The number of ether oxygens (including phenoxy) is 2. The lowest BCUT2D eigenvalue weighted by Gasteiger charge is -2.11. The summed E-state index contributed by atoms with van der Waals surface area (Å²) in [4.78, 5) is 8.36. The van der Waals surface area contributed by atoms with Crippen molar-refractivity contribution in [3.63, 3.8) is 0 Å². The molecule has 0 aliphatic rings. The minimum Gasteiger partial charge on any atom is -0.496 e. The van der Waals surface area contributed by atoms with Crippen molar-refractivity contribution in [3.8, 4) is 23.0 Å². The third-order valence-corrected chi connectivity index (χ3v) is 2.83. The minimum absolute atomic E-state index is 0.375. The van der Waals surface area contributed by atoms with Crippen molar-refractivity contribution >= 4 is 0 Å². The van der Waals surface area contributed by atoms with Gasteiger partial charge in [-0.05, 0) is 43.2 Å². The van der Waals surface area contributed by atoms with Gasteiger partial charge in [0, 0.05) is 11.8 Å². The molecule has 0 N–H and O–H groups in total. The van der Waals surface area contributed by atoms with Gasteiger partial charge in [0.1, 0.15) is 5.75 Å². The topological polar surface area (TPSA) is 44.2 Å². The molecule has 0 radical (unpaired) electrons. The van der Waals surface area contributed by atoms with Gasteiger partial charge in [0.25, 0.3) is 0 Å². The van der Waals surface area contributed by atoms with Gasteiger partial charge >= 0.3 is 6.01 Å². The molecule has 0 bridgehead atoms. The quantitative estimate of drug-likeness (QED) is 0.832. The summed E-state index contributed by atoms with van der Waals surface area (Å²) in [6, 6.07) is 6.33. The highest BCUT2D eigenvalue weighted by Gasteiger charge is 2.09. The number of rotatable bonds is 3. The zero-order valence-corrected chi connectivity index (χ0v) is 11.0. The summed E-state index contributed by atoms with van der Waals surface area (Å²) in [6.45, 7) is 4.05. The van der Waals surface area contributed by atoms with Crippen LogP contribution < -0.4 is 9.47 Å². The Morgan fingerprint density at radius 2 is 1.78 bits per heavy atom. The number of aryl methyl sites for hydroxylation is 2. The fraction of sp³-hybridized carbons (Fsp3) is 0.286. The predicted molar refractivity (Wildman–Crippen MR) is 70.0 cm³/mol. The summed E-state index contributed by atoms with van der Waals surface area (Å²) in [7, 11) is 3.24. The van der Waals surface area contributed by atoms with Crippen LogP contribution in [0.1, 0.15) is 11.1 Å². The van der Waals surface area contributed by atoms with Gasteiger partial charge in [-0.1, -0.05) is 0 Å². The van der Waals surface area contributed by atoms with Crippen LogP contribution in [-0.4, -0.2) is 24.2 Å². The maximum atomic E-state index is 5.30. The summed E-state index contributed by atoms with van der Waals surface area (Å²) in [5, 5.41) is 0. The second kappa shape index (κ2) is 5.04. The molecular formula is C14H16N2O2. The fourth-order valence-corrected chi connectivity index (χ4v) is 1.87. The maximum absolute atomic E-state index is 5.30. The molecule has 0 atom stereocenters. The highest BCUT2D eigenvalue weighted by atomic mass is 16.5. The number of aromatic nitrogens is 2. The van der Waals surface area contributed by atoms with Gasteiger partial charge in [0.15, 0.2) is 0 Å². The first-order valence-electron chi connectivity index (χ1n) is 5.68. The first kappa shape index (κ1) is 12.4. The Kier molecular flexibility index (Phi) is 3.46. The Balaban J connectivity index is 2.53. The van der Waals surface area contributed by atoms with Crippen LogP contribution in [-0.2, 0) is 0 Å². The lowest BCUT2D eigenvalue weighted by atomic mass is 10.0. The molecular weight excluding hydrogens is 228 g/mol. The summed E-state index contributed by atoms with van der Waals surface area (Å²) in [5.74, 6) is 0.886. The Bertz CT molecular complexity index is 568. The molecule has 2 rings (SSSR count). The Morgan fingerprint density at radius 1 is 1.00 bits per heavy atom. The number of benzene rings is 1. The zero-order chi connectivity index (χ0) is 13.1. The molecule has 1 aromatic heterocycles. The highest BCUT2D eigenvalue weighted by molar-refractivity contribution is 5.66. The minimum atomic E-state index is 0.375. The van der Waals surface area contributed by atoms with E-state index in [9.17, 15) is 0 Å². The van der Waals surface area contributed by atoms with E-state index in [2.05, 4.69) is 16.0 Å². The Labute approximate surface area is 107 Å². The molecule has 4 heteroatoms. The summed E-state index contributed by atoms with van der Waals surface area (Å²) < 4.78 is 10.3. The van der Waals surface area contributed by atoms with Crippen molar-refractivity contribution in [2.45, 2.75) is 13.8 Å². The van der Waals surface area contributed by atoms with E-state index in [1.165, 1.54) is 0 Å². The third-order valence-electron chi connectivity index (χ3n) is 2.83. The van der Waals surface area contributed by atoms with E-state index in [1.54, 1.807) is 20.4 Å². The molecule has 0 aliphatic heterocycles. The zero-order valence-electron chi connectivity index (χ0n) is 11.0. The fourth-order valence-electron chi connectivity index (χ4n) is 1.87. The lowest BCUT2D eigenvalue weighted by Crippen LogP contribution is -1.96. The van der Waals surface area contributed by atoms with Gasteiger partial charge in [0.05, 0.1) is 19.9 Å². The molecule has 0 unspecified atom stereocenters. The molecule has 0 fully saturated rings. The average molecular weight is 244 g/mol. The first-order valence-corrected chi connectivity index (χ1v) is 5.68. The molecule has 2 aromatic rings. The van der Waals surface area contributed by atoms with Crippen LogP contribution in [0.5, 0.6) is 11.8 Å². The van der Waals surface area contributed by atoms with E-state index in [1.807, 2.05) is 26.0 Å². The van der Waals surface area contributed by atoms with E-state index in [4.69, 9.17) is 9.47 Å². The van der Waals surface area contributed by atoms with Crippen LogP contribution in [0.15, 0.2) is 24.4 Å². The van der Waals surface area contributed by atoms with E-state index >= 15 is 0 Å². The number of nitrogens with zero attached hydrogens (tertiary/aromatic N) is 2. The molecule has 0 saturated carbocycles. The molecule has 1 heterocycles. The van der Waals surface area contributed by atoms with E-state index in [0.29, 0.717) is 6.01 Å². The van der Waals surface area contributed by atoms with Crippen molar-refractivity contribution in [1.29, 1.82) is 0 Å². The Hall–Kier alpha value is -2.10. The second-order valence-electron chi connectivity index (χ2n) is 4.07. The predicted octanol–water partition coefficient (Wildman–Crippen LogP) is 2.78. The van der Waals surface area contributed by atoms with Crippen molar-refractivity contribution in [2.24, 2.45) is 0 Å². The Morgan fingerprint density at radius 3 is 2.44 bits per heavy atom. The molecule has 0 amide bonds. The molecule has 1 aromatic carbocycles. The van der Waals surface area contributed by atoms with Gasteiger partial charge in [0.2, 0.25) is 0 Å². The van der Waals surface area contributed by atoms with Crippen molar-refractivity contribution in [2.75, 3.05) is 14.2 Å². The van der Waals surface area contributed by atoms with Crippen LogP contribution in [0.3, 0.4) is 0 Å². The lowest BCUT2D eigenvalue weighted by molar-refractivity contribution is 0.380. The number of hydrogen-bond acceptors (Lipinski definition) is 4. The van der Waals surface area contributed by atoms with Crippen LogP contribution in [0, 0.1) is 13.8 Å². The van der Waals surface area contributed by atoms with Crippen molar-refractivity contribution in [1.82, 2.24) is 9.97 Å². The summed E-state index contributed by atoms with van der Waals surface area (Å²) in [5.41, 5.74) is 4.10. The number of hydrogen-bond donors (Lipinski definition) is 0. The third kappa shape index (κ3) is 2.27. The van der Waals surface area contributed by atoms with Gasteiger partial charge in [-0.3, -0.25) is 0 Å². The van der Waals surface area contributed by atoms with E-state index in [0.717, 1.165) is 28.1 Å². The highest BCUT2D eigenvalue weighted by Crippen LogP contribution is 2.29. The molecule has 0 spiro atoms. The molecule has 4 nitrogen and oxygen atoms in total. The van der Waals surface area contributed by atoms with Gasteiger partial charge < -0.3 is 9.47 Å². The molecule has 0 saturated heterocycles. The maximum Gasteiger partial charge on any atom is 0.316 e. The first-order chi connectivity index (χ1) is 8.65. The van der Waals surface area contributed by atoms with Crippen LogP contribution in [0.25, 0.3) is 11.3 Å². The van der Waals surface area contributed by atoms with Gasteiger partial charge in [-0.15, -0.1) is 0 Å². The van der Waals surface area contributed by atoms with Gasteiger partial charge in [-0.2, -0.15) is 4.98 Å². The smallest absolute Gasteiger partial charge is 0.316 e. The number of methoxy groups -OCH3 is 2. The van der Waals surface area contributed by atoms with Crippen LogP contribution >= 0.6 is 0 Å². The van der Waals surface area contributed by atoms with Crippen LogP contribution in [0.4, 0.5) is 0 Å². The monoisotopic (exact) mass is 244 g/mol. The second-order valence-corrected chi connectivity index (χ2v) is 4.07. The molecule has 94 valence electrons. The largest absolute Gasteiger partial charge is 0.496 e. The molecule has 18 heavy (non-hydrogen) atoms. The van der Waals surface area contributed by atoms with Crippen molar-refractivity contribution in [3.05, 3.63) is 35.5 Å². The summed E-state index contributed by atoms with van der Waals surface area (Å²) in [6.07, 6.45) is 1.69. The SMILES string of the molecule is COc1nccc(-c2cc(C)c(OC)cc2C)n1. The van der Waals surface area contributed by atoms with Crippen LogP contribution in [0.2, 0.25) is 0 Å². The summed E-state index contributed by atoms with van der Waals surface area (Å²) >= 11 is 0.